The highest BCUT2D eigenvalue weighted by Gasteiger charge is 2.24. The average Bonchev–Trinajstić information content (AvgIpc) is 2.41. The van der Waals surface area contributed by atoms with Crippen molar-refractivity contribution in [3.05, 3.63) is 30.1 Å². The highest BCUT2D eigenvalue weighted by atomic mass is 35.5. The molecule has 118 valence electrons. The summed E-state index contributed by atoms with van der Waals surface area (Å²) in [5.74, 6) is -0.154. The van der Waals surface area contributed by atoms with E-state index in [2.05, 4.69) is 10.2 Å². The van der Waals surface area contributed by atoms with Crippen LogP contribution in [0, 0.1) is 11.7 Å². The van der Waals surface area contributed by atoms with Gasteiger partial charge in [-0.1, -0.05) is 12.1 Å². The summed E-state index contributed by atoms with van der Waals surface area (Å²) in [4.78, 5) is 14.0. The van der Waals surface area contributed by atoms with Crippen molar-refractivity contribution in [3.8, 4) is 0 Å². The van der Waals surface area contributed by atoms with E-state index in [1.165, 1.54) is 6.07 Å². The molecule has 0 aliphatic carbocycles. The van der Waals surface area contributed by atoms with Gasteiger partial charge < -0.3 is 11.1 Å². The minimum Gasteiger partial charge on any atom is -0.328 e. The highest BCUT2D eigenvalue weighted by molar-refractivity contribution is 5.92. The molecule has 0 saturated carbocycles. The van der Waals surface area contributed by atoms with Crippen LogP contribution in [0.5, 0.6) is 0 Å². The zero-order chi connectivity index (χ0) is 14.5. The molecule has 1 fully saturated rings. The number of likely N-dealkylation sites (tertiary alicyclic amines) is 1. The van der Waals surface area contributed by atoms with E-state index in [0.29, 0.717) is 5.92 Å². The van der Waals surface area contributed by atoms with E-state index >= 15 is 0 Å². The lowest BCUT2D eigenvalue weighted by Crippen LogP contribution is -2.45. The molecule has 3 N–H and O–H groups in total. The Kier molecular flexibility index (Phi) is 7.08. The van der Waals surface area contributed by atoms with E-state index in [1.54, 1.807) is 18.2 Å². The van der Waals surface area contributed by atoms with Crippen LogP contribution in [-0.4, -0.2) is 36.5 Å². The number of benzene rings is 1. The molecule has 0 spiro atoms. The molecule has 1 aromatic carbocycles. The molecular formula is C15H23ClFN3O. The lowest BCUT2D eigenvalue weighted by atomic mass is 9.92. The maximum atomic E-state index is 13.5. The molecule has 1 amide bonds. The van der Waals surface area contributed by atoms with Gasteiger partial charge in [0.1, 0.15) is 5.82 Å². The predicted molar refractivity (Wildman–Crippen MR) is 85.1 cm³/mol. The van der Waals surface area contributed by atoms with E-state index in [4.69, 9.17) is 5.73 Å². The SMILES string of the molecule is CC(N)C1CCCN(CC(=O)Nc2ccccc2F)C1.Cl. The Balaban J connectivity index is 0.00000220. The topological polar surface area (TPSA) is 58.4 Å². The zero-order valence-electron chi connectivity index (χ0n) is 12.2. The maximum absolute atomic E-state index is 13.5. The second-order valence-corrected chi connectivity index (χ2v) is 5.52. The van der Waals surface area contributed by atoms with Crippen molar-refractivity contribution in [2.24, 2.45) is 11.7 Å². The Morgan fingerprint density at radius 2 is 2.24 bits per heavy atom. The van der Waals surface area contributed by atoms with Gasteiger partial charge in [-0.05, 0) is 44.4 Å². The molecule has 1 heterocycles. The summed E-state index contributed by atoms with van der Waals surface area (Å²) < 4.78 is 13.5. The first-order chi connectivity index (χ1) is 9.56. The maximum Gasteiger partial charge on any atom is 0.238 e. The second kappa shape index (κ2) is 8.32. The summed E-state index contributed by atoms with van der Waals surface area (Å²) in [6.07, 6.45) is 2.17. The number of nitrogens with zero attached hydrogens (tertiary/aromatic N) is 1. The van der Waals surface area contributed by atoms with E-state index in [9.17, 15) is 9.18 Å². The van der Waals surface area contributed by atoms with Gasteiger partial charge >= 0.3 is 0 Å². The summed E-state index contributed by atoms with van der Waals surface area (Å²) in [6.45, 7) is 4.03. The van der Waals surface area contributed by atoms with Crippen LogP contribution < -0.4 is 11.1 Å². The van der Waals surface area contributed by atoms with Crippen molar-refractivity contribution in [2.45, 2.75) is 25.8 Å². The molecular weight excluding hydrogens is 293 g/mol. The minimum atomic E-state index is -0.409. The molecule has 1 aliphatic rings. The second-order valence-electron chi connectivity index (χ2n) is 5.52. The zero-order valence-corrected chi connectivity index (χ0v) is 13.0. The molecule has 6 heteroatoms. The molecule has 2 atom stereocenters. The van der Waals surface area contributed by atoms with Crippen LogP contribution in [0.1, 0.15) is 19.8 Å². The van der Waals surface area contributed by atoms with Crippen LogP contribution in [0.3, 0.4) is 0 Å². The largest absolute Gasteiger partial charge is 0.328 e. The van der Waals surface area contributed by atoms with Gasteiger partial charge in [0.15, 0.2) is 0 Å². The smallest absolute Gasteiger partial charge is 0.238 e. The van der Waals surface area contributed by atoms with Gasteiger partial charge in [0, 0.05) is 12.6 Å². The molecule has 2 unspecified atom stereocenters. The van der Waals surface area contributed by atoms with Gasteiger partial charge in [-0.25, -0.2) is 4.39 Å². The van der Waals surface area contributed by atoms with Crippen molar-refractivity contribution in [1.82, 2.24) is 4.90 Å². The Labute approximate surface area is 131 Å². The van der Waals surface area contributed by atoms with E-state index in [0.717, 1.165) is 25.9 Å². The molecule has 0 radical (unpaired) electrons. The third-order valence-electron chi connectivity index (χ3n) is 3.80. The number of rotatable bonds is 4. The number of carbonyl (C=O) groups excluding carboxylic acids is 1. The van der Waals surface area contributed by atoms with Gasteiger partial charge in [-0.15, -0.1) is 12.4 Å². The standard InChI is InChI=1S/C15H22FN3O.ClH/c1-11(17)12-5-4-8-19(9-12)10-15(20)18-14-7-3-2-6-13(14)16;/h2-3,6-7,11-12H,4-5,8-10,17H2,1H3,(H,18,20);1H. The third-order valence-corrected chi connectivity index (χ3v) is 3.80. The van der Waals surface area contributed by atoms with Gasteiger partial charge in [-0.3, -0.25) is 9.69 Å². The molecule has 0 aromatic heterocycles. The van der Waals surface area contributed by atoms with Gasteiger partial charge in [-0.2, -0.15) is 0 Å². The summed E-state index contributed by atoms with van der Waals surface area (Å²) in [6, 6.07) is 6.35. The van der Waals surface area contributed by atoms with Gasteiger partial charge in [0.05, 0.1) is 12.2 Å². The minimum absolute atomic E-state index is 0. The van der Waals surface area contributed by atoms with Crippen molar-refractivity contribution in [2.75, 3.05) is 25.0 Å². The fraction of sp³-hybridized carbons (Fsp3) is 0.533. The number of piperidine rings is 1. The highest BCUT2D eigenvalue weighted by Crippen LogP contribution is 2.19. The molecule has 1 saturated heterocycles. The van der Waals surface area contributed by atoms with Crippen LogP contribution in [0.25, 0.3) is 0 Å². The van der Waals surface area contributed by atoms with Gasteiger partial charge in [0.25, 0.3) is 0 Å². The number of para-hydroxylation sites is 1. The van der Waals surface area contributed by atoms with Crippen LogP contribution in [0.15, 0.2) is 24.3 Å². The first-order valence-corrected chi connectivity index (χ1v) is 7.08. The van der Waals surface area contributed by atoms with Crippen LogP contribution in [-0.2, 0) is 4.79 Å². The number of nitrogens with two attached hydrogens (primary N) is 1. The first kappa shape index (κ1) is 17.9. The van der Waals surface area contributed by atoms with Crippen molar-refractivity contribution < 1.29 is 9.18 Å². The molecule has 0 bridgehead atoms. The van der Waals surface area contributed by atoms with E-state index in [-0.39, 0.29) is 36.6 Å². The number of hydrogen-bond acceptors (Lipinski definition) is 3. The van der Waals surface area contributed by atoms with Crippen LogP contribution in [0.4, 0.5) is 10.1 Å². The molecule has 4 nitrogen and oxygen atoms in total. The molecule has 21 heavy (non-hydrogen) atoms. The molecule has 1 aliphatic heterocycles. The normalized spacial score (nSPS) is 20.4. The number of nitrogens with one attached hydrogen (secondary N) is 1. The van der Waals surface area contributed by atoms with Gasteiger partial charge in [0.2, 0.25) is 5.91 Å². The quantitative estimate of drug-likeness (QED) is 0.896. The number of carbonyl (C=O) groups is 1. The number of anilines is 1. The predicted octanol–water partition coefficient (Wildman–Crippen LogP) is 2.25. The Bertz CT molecular complexity index is 470. The fourth-order valence-electron chi connectivity index (χ4n) is 2.62. The fourth-order valence-corrected chi connectivity index (χ4v) is 2.62. The Morgan fingerprint density at radius 3 is 2.90 bits per heavy atom. The number of amides is 1. The summed E-state index contributed by atoms with van der Waals surface area (Å²) in [5.41, 5.74) is 6.16. The summed E-state index contributed by atoms with van der Waals surface area (Å²) >= 11 is 0. The van der Waals surface area contributed by atoms with Crippen molar-refractivity contribution >= 4 is 24.0 Å². The average molecular weight is 316 g/mol. The van der Waals surface area contributed by atoms with Crippen LogP contribution >= 0.6 is 12.4 Å². The Hall–Kier alpha value is -1.17. The Morgan fingerprint density at radius 1 is 1.52 bits per heavy atom. The number of hydrogen-bond donors (Lipinski definition) is 2. The third kappa shape index (κ3) is 5.26. The monoisotopic (exact) mass is 315 g/mol. The van der Waals surface area contributed by atoms with E-state index in [1.807, 2.05) is 6.92 Å². The summed E-state index contributed by atoms with van der Waals surface area (Å²) in [7, 11) is 0. The molecule has 2 rings (SSSR count). The lowest BCUT2D eigenvalue weighted by molar-refractivity contribution is -0.117. The first-order valence-electron chi connectivity index (χ1n) is 7.08. The summed E-state index contributed by atoms with van der Waals surface area (Å²) in [5, 5.41) is 2.61. The van der Waals surface area contributed by atoms with Crippen LogP contribution in [0.2, 0.25) is 0 Å². The lowest BCUT2D eigenvalue weighted by Gasteiger charge is -2.34. The van der Waals surface area contributed by atoms with E-state index < -0.39 is 5.82 Å². The van der Waals surface area contributed by atoms with Crippen molar-refractivity contribution in [1.29, 1.82) is 0 Å². The molecule has 1 aromatic rings. The number of halogens is 2. The van der Waals surface area contributed by atoms with Crippen molar-refractivity contribution in [3.63, 3.8) is 0 Å².